The topological polar surface area (TPSA) is 42.9 Å². The predicted octanol–water partition coefficient (Wildman–Crippen LogP) is 4.22. The van der Waals surface area contributed by atoms with E-state index >= 15 is 0 Å². The molecular formula is C24H42IN5. The van der Waals surface area contributed by atoms with Crippen LogP contribution in [0.2, 0.25) is 0 Å². The Labute approximate surface area is 201 Å². The summed E-state index contributed by atoms with van der Waals surface area (Å²) in [5.74, 6) is 0.918. The van der Waals surface area contributed by atoms with E-state index in [2.05, 4.69) is 63.5 Å². The first-order chi connectivity index (χ1) is 14.1. The van der Waals surface area contributed by atoms with Crippen molar-refractivity contribution in [2.24, 2.45) is 4.99 Å². The number of nitrogens with one attached hydrogen (secondary N) is 2. The lowest BCUT2D eigenvalue weighted by atomic mass is 10.0. The fraction of sp³-hybridized carbons (Fsp3) is 0.708. The van der Waals surface area contributed by atoms with Crippen LogP contribution < -0.4 is 10.6 Å². The SMILES string of the molecule is CN=C(NCc1ccc(CN2CCCCCC2)cc1)NC1CCN(C(C)C)CC1.I. The molecule has 0 unspecified atom stereocenters. The average Bonchev–Trinajstić information content (AvgIpc) is 3.01. The molecule has 2 saturated heterocycles. The Balaban J connectivity index is 0.00000320. The Morgan fingerprint density at radius 1 is 0.967 bits per heavy atom. The van der Waals surface area contributed by atoms with Crippen LogP contribution in [0.15, 0.2) is 29.3 Å². The van der Waals surface area contributed by atoms with Gasteiger partial charge in [0.25, 0.3) is 0 Å². The highest BCUT2D eigenvalue weighted by atomic mass is 127. The quantitative estimate of drug-likeness (QED) is 0.331. The number of rotatable bonds is 6. The number of aliphatic imine (C=N–C) groups is 1. The van der Waals surface area contributed by atoms with Crippen molar-refractivity contribution in [2.45, 2.75) is 77.5 Å². The molecule has 2 N–H and O–H groups in total. The van der Waals surface area contributed by atoms with Crippen LogP contribution in [0, 0.1) is 0 Å². The number of nitrogens with zero attached hydrogens (tertiary/aromatic N) is 3. The highest BCUT2D eigenvalue weighted by Gasteiger charge is 2.21. The average molecular weight is 528 g/mol. The molecule has 1 aromatic rings. The van der Waals surface area contributed by atoms with Crippen LogP contribution in [-0.2, 0) is 13.1 Å². The van der Waals surface area contributed by atoms with Crippen LogP contribution in [-0.4, -0.2) is 61.1 Å². The van der Waals surface area contributed by atoms with Gasteiger partial charge in [-0.1, -0.05) is 37.1 Å². The Morgan fingerprint density at radius 3 is 2.13 bits per heavy atom. The van der Waals surface area contributed by atoms with Gasteiger partial charge >= 0.3 is 0 Å². The molecule has 2 aliphatic rings. The summed E-state index contributed by atoms with van der Waals surface area (Å²) in [5.41, 5.74) is 2.73. The maximum absolute atomic E-state index is 4.43. The normalized spacial score (nSPS) is 19.9. The molecule has 170 valence electrons. The molecule has 30 heavy (non-hydrogen) atoms. The van der Waals surface area contributed by atoms with E-state index in [9.17, 15) is 0 Å². The molecule has 0 saturated carbocycles. The number of benzene rings is 1. The van der Waals surface area contributed by atoms with Crippen LogP contribution in [0.3, 0.4) is 0 Å². The minimum atomic E-state index is 0. The zero-order valence-electron chi connectivity index (χ0n) is 19.2. The van der Waals surface area contributed by atoms with Crippen molar-refractivity contribution < 1.29 is 0 Å². The van der Waals surface area contributed by atoms with E-state index in [-0.39, 0.29) is 24.0 Å². The number of piperidine rings is 1. The lowest BCUT2D eigenvalue weighted by Gasteiger charge is -2.35. The largest absolute Gasteiger partial charge is 0.354 e. The van der Waals surface area contributed by atoms with Gasteiger partial charge in [-0.2, -0.15) is 0 Å². The first-order valence-corrected chi connectivity index (χ1v) is 11.7. The fourth-order valence-electron chi connectivity index (χ4n) is 4.45. The number of hydrogen-bond donors (Lipinski definition) is 2. The van der Waals surface area contributed by atoms with Crippen LogP contribution in [0.25, 0.3) is 0 Å². The third kappa shape index (κ3) is 8.35. The van der Waals surface area contributed by atoms with Crippen molar-refractivity contribution in [2.75, 3.05) is 33.2 Å². The van der Waals surface area contributed by atoms with Gasteiger partial charge in [-0.15, -0.1) is 24.0 Å². The minimum absolute atomic E-state index is 0. The van der Waals surface area contributed by atoms with Crippen molar-refractivity contribution in [3.63, 3.8) is 0 Å². The summed E-state index contributed by atoms with van der Waals surface area (Å²) in [7, 11) is 1.86. The lowest BCUT2D eigenvalue weighted by molar-refractivity contribution is 0.167. The summed E-state index contributed by atoms with van der Waals surface area (Å²) in [6.45, 7) is 11.3. The Kier molecular flexibility index (Phi) is 11.5. The van der Waals surface area contributed by atoms with E-state index in [0.717, 1.165) is 19.0 Å². The van der Waals surface area contributed by atoms with E-state index in [1.807, 2.05) is 7.05 Å². The minimum Gasteiger partial charge on any atom is -0.354 e. The molecule has 3 rings (SSSR count). The zero-order chi connectivity index (χ0) is 20.5. The predicted molar refractivity (Wildman–Crippen MR) is 139 cm³/mol. The van der Waals surface area contributed by atoms with Crippen molar-refractivity contribution in [1.29, 1.82) is 0 Å². The standard InChI is InChI=1S/C24H41N5.HI/c1-20(2)29-16-12-23(13-17-29)27-24(25-3)26-18-21-8-10-22(11-9-21)19-28-14-6-4-5-7-15-28;/h8-11,20,23H,4-7,12-19H2,1-3H3,(H2,25,26,27);1H. The maximum Gasteiger partial charge on any atom is 0.191 e. The highest BCUT2D eigenvalue weighted by Crippen LogP contribution is 2.15. The second kappa shape index (κ2) is 13.5. The summed E-state index contributed by atoms with van der Waals surface area (Å²) in [6, 6.07) is 10.3. The van der Waals surface area contributed by atoms with E-state index in [1.54, 1.807) is 0 Å². The van der Waals surface area contributed by atoms with Gasteiger partial charge in [-0.3, -0.25) is 9.89 Å². The second-order valence-electron chi connectivity index (χ2n) is 8.98. The molecule has 2 aliphatic heterocycles. The van der Waals surface area contributed by atoms with Gasteiger partial charge in [0.15, 0.2) is 5.96 Å². The van der Waals surface area contributed by atoms with Gasteiger partial charge in [0.1, 0.15) is 0 Å². The summed E-state index contributed by atoms with van der Waals surface area (Å²) < 4.78 is 0. The molecular weight excluding hydrogens is 485 g/mol. The zero-order valence-corrected chi connectivity index (χ0v) is 21.5. The Morgan fingerprint density at radius 2 is 1.57 bits per heavy atom. The maximum atomic E-state index is 4.43. The molecule has 6 heteroatoms. The monoisotopic (exact) mass is 527 g/mol. The summed E-state index contributed by atoms with van der Waals surface area (Å²) in [5, 5.41) is 7.10. The van der Waals surface area contributed by atoms with Crippen molar-refractivity contribution in [1.82, 2.24) is 20.4 Å². The van der Waals surface area contributed by atoms with Crippen molar-refractivity contribution in [3.8, 4) is 0 Å². The third-order valence-electron chi connectivity index (χ3n) is 6.41. The Hall–Kier alpha value is -0.860. The van der Waals surface area contributed by atoms with E-state index in [1.165, 1.54) is 75.8 Å². The van der Waals surface area contributed by atoms with Crippen molar-refractivity contribution >= 4 is 29.9 Å². The molecule has 0 atom stereocenters. The van der Waals surface area contributed by atoms with Crippen LogP contribution in [0.1, 0.15) is 63.5 Å². The summed E-state index contributed by atoms with van der Waals surface area (Å²) in [6.07, 6.45) is 7.87. The van der Waals surface area contributed by atoms with Gasteiger partial charge < -0.3 is 15.5 Å². The van der Waals surface area contributed by atoms with Crippen molar-refractivity contribution in [3.05, 3.63) is 35.4 Å². The molecule has 0 aliphatic carbocycles. The van der Waals surface area contributed by atoms with Gasteiger partial charge in [0.05, 0.1) is 0 Å². The van der Waals surface area contributed by atoms with Gasteiger partial charge in [0, 0.05) is 45.3 Å². The molecule has 1 aromatic carbocycles. The number of hydrogen-bond acceptors (Lipinski definition) is 3. The number of likely N-dealkylation sites (tertiary alicyclic amines) is 2. The highest BCUT2D eigenvalue weighted by molar-refractivity contribution is 14.0. The van der Waals surface area contributed by atoms with E-state index < -0.39 is 0 Å². The van der Waals surface area contributed by atoms with Crippen LogP contribution in [0.4, 0.5) is 0 Å². The number of guanidine groups is 1. The fourth-order valence-corrected chi connectivity index (χ4v) is 4.45. The smallest absolute Gasteiger partial charge is 0.191 e. The first kappa shape index (κ1) is 25.4. The second-order valence-corrected chi connectivity index (χ2v) is 8.98. The molecule has 0 spiro atoms. The van der Waals surface area contributed by atoms with E-state index in [0.29, 0.717) is 12.1 Å². The lowest BCUT2D eigenvalue weighted by Crippen LogP contribution is -2.49. The summed E-state index contributed by atoms with van der Waals surface area (Å²) >= 11 is 0. The number of halogens is 1. The molecule has 0 amide bonds. The molecule has 2 heterocycles. The molecule has 2 fully saturated rings. The molecule has 0 aromatic heterocycles. The van der Waals surface area contributed by atoms with Crippen LogP contribution >= 0.6 is 24.0 Å². The van der Waals surface area contributed by atoms with Gasteiger partial charge in [-0.25, -0.2) is 0 Å². The van der Waals surface area contributed by atoms with Crippen LogP contribution in [0.5, 0.6) is 0 Å². The molecule has 5 nitrogen and oxygen atoms in total. The Bertz CT molecular complexity index is 615. The van der Waals surface area contributed by atoms with Gasteiger partial charge in [-0.05, 0) is 63.7 Å². The molecule has 0 radical (unpaired) electrons. The molecule has 0 bridgehead atoms. The van der Waals surface area contributed by atoms with E-state index in [4.69, 9.17) is 0 Å². The first-order valence-electron chi connectivity index (χ1n) is 11.7. The van der Waals surface area contributed by atoms with Gasteiger partial charge in [0.2, 0.25) is 0 Å². The third-order valence-corrected chi connectivity index (χ3v) is 6.41. The summed E-state index contributed by atoms with van der Waals surface area (Å²) in [4.78, 5) is 9.59.